The minimum absolute atomic E-state index is 0.119. The first-order valence-corrected chi connectivity index (χ1v) is 8.04. The Kier molecular flexibility index (Phi) is 4.97. The van der Waals surface area contributed by atoms with Crippen LogP contribution in [0.5, 0.6) is 0 Å². The summed E-state index contributed by atoms with van der Waals surface area (Å²) in [5.74, 6) is -2.14. The number of imidazole rings is 1. The molecular weight excluding hydrogens is 355 g/mol. The smallest absolute Gasteiger partial charge is 0.328 e. The molecule has 10 heteroatoms. The van der Waals surface area contributed by atoms with Crippen molar-refractivity contribution < 1.29 is 19.1 Å². The number of carbonyl (C=O) groups is 2. The van der Waals surface area contributed by atoms with Gasteiger partial charge in [-0.25, -0.2) is 18.9 Å². The number of halogens is 1. The monoisotopic (exact) mass is 372 g/mol. The Morgan fingerprint density at radius 1 is 1.33 bits per heavy atom. The van der Waals surface area contributed by atoms with Crippen LogP contribution in [-0.4, -0.2) is 41.5 Å². The number of carboxylic acid groups (broad SMARTS) is 1. The highest BCUT2D eigenvalue weighted by atomic mass is 19.1. The van der Waals surface area contributed by atoms with Crippen LogP contribution in [0.4, 0.5) is 4.39 Å². The van der Waals surface area contributed by atoms with E-state index in [2.05, 4.69) is 20.6 Å². The van der Waals surface area contributed by atoms with Crippen LogP contribution in [0.1, 0.15) is 29.0 Å². The van der Waals surface area contributed by atoms with Crippen molar-refractivity contribution in [3.8, 4) is 11.3 Å². The fourth-order valence-electron chi connectivity index (χ4n) is 2.41. The lowest BCUT2D eigenvalue weighted by Gasteiger charge is -2.07. The van der Waals surface area contributed by atoms with Crippen LogP contribution in [0.25, 0.3) is 11.3 Å². The number of nitrogens with zero attached hydrogens (tertiary/aromatic N) is 5. The zero-order chi connectivity index (χ0) is 19.6. The quantitative estimate of drug-likeness (QED) is 0.676. The van der Waals surface area contributed by atoms with Gasteiger partial charge in [0.1, 0.15) is 17.6 Å². The van der Waals surface area contributed by atoms with Gasteiger partial charge in [0, 0.05) is 24.4 Å². The zero-order valence-electron chi connectivity index (χ0n) is 14.6. The van der Waals surface area contributed by atoms with Crippen molar-refractivity contribution in [2.24, 2.45) is 7.05 Å². The number of benzene rings is 1. The molecule has 2 N–H and O–H groups in total. The molecule has 9 nitrogen and oxygen atoms in total. The van der Waals surface area contributed by atoms with Gasteiger partial charge in [0.15, 0.2) is 0 Å². The Bertz CT molecular complexity index is 996. The highest BCUT2D eigenvalue weighted by Crippen LogP contribution is 2.21. The van der Waals surface area contributed by atoms with Gasteiger partial charge in [0.2, 0.25) is 0 Å². The third-order valence-electron chi connectivity index (χ3n) is 4.07. The molecule has 0 fully saturated rings. The van der Waals surface area contributed by atoms with Gasteiger partial charge in [0.05, 0.1) is 24.8 Å². The first kappa shape index (κ1) is 18.2. The largest absolute Gasteiger partial charge is 0.480 e. The van der Waals surface area contributed by atoms with Crippen LogP contribution < -0.4 is 5.32 Å². The third kappa shape index (κ3) is 4.00. The lowest BCUT2D eigenvalue weighted by Crippen LogP contribution is -2.24. The number of carbonyl (C=O) groups excluding carboxylic acids is 1. The van der Waals surface area contributed by atoms with Crippen LogP contribution in [0, 0.1) is 5.82 Å². The Labute approximate surface area is 153 Å². The lowest BCUT2D eigenvalue weighted by atomic mass is 10.1. The van der Waals surface area contributed by atoms with E-state index in [1.807, 2.05) is 0 Å². The standard InChI is InChI=1S/C17H17FN6O3/c1-10(17(26)27)24-8-15(21-22-24)11-3-12(5-13(18)4-11)16(25)20-7-14-6-19-9-23(14)2/h3-6,8-10H,7H2,1-2H3,(H,20,25)(H,26,27). The summed E-state index contributed by atoms with van der Waals surface area (Å²) in [6.07, 6.45) is 4.63. The van der Waals surface area contributed by atoms with Crippen molar-refractivity contribution in [1.29, 1.82) is 0 Å². The number of aliphatic carboxylic acids is 1. The van der Waals surface area contributed by atoms with E-state index in [9.17, 15) is 14.0 Å². The fourth-order valence-corrected chi connectivity index (χ4v) is 2.41. The van der Waals surface area contributed by atoms with E-state index in [1.165, 1.54) is 25.3 Å². The van der Waals surface area contributed by atoms with Gasteiger partial charge in [-0.05, 0) is 25.1 Å². The molecule has 1 amide bonds. The minimum atomic E-state index is -1.07. The molecule has 2 aromatic heterocycles. The second-order valence-corrected chi connectivity index (χ2v) is 6.01. The Hall–Kier alpha value is -3.56. The second kappa shape index (κ2) is 7.36. The fraction of sp³-hybridized carbons (Fsp3) is 0.235. The number of amides is 1. The Morgan fingerprint density at radius 2 is 2.11 bits per heavy atom. The molecule has 0 aliphatic heterocycles. The molecule has 0 spiro atoms. The molecule has 0 radical (unpaired) electrons. The topological polar surface area (TPSA) is 115 Å². The molecule has 1 aromatic carbocycles. The van der Waals surface area contributed by atoms with Crippen LogP contribution in [0.3, 0.4) is 0 Å². The molecule has 1 atom stereocenters. The van der Waals surface area contributed by atoms with Crippen LogP contribution >= 0.6 is 0 Å². The molecule has 0 saturated heterocycles. The van der Waals surface area contributed by atoms with E-state index in [4.69, 9.17) is 5.11 Å². The number of aromatic nitrogens is 5. The van der Waals surface area contributed by atoms with Crippen LogP contribution in [0.2, 0.25) is 0 Å². The second-order valence-electron chi connectivity index (χ2n) is 6.01. The van der Waals surface area contributed by atoms with E-state index in [1.54, 1.807) is 24.1 Å². The molecule has 3 rings (SSSR count). The summed E-state index contributed by atoms with van der Waals surface area (Å²) in [6, 6.07) is 2.88. The van der Waals surface area contributed by atoms with E-state index in [0.717, 1.165) is 16.4 Å². The maximum atomic E-state index is 14.0. The van der Waals surface area contributed by atoms with Gasteiger partial charge in [-0.3, -0.25) is 4.79 Å². The van der Waals surface area contributed by atoms with Crippen molar-refractivity contribution in [3.05, 3.63) is 54.0 Å². The van der Waals surface area contributed by atoms with Crippen molar-refractivity contribution in [2.75, 3.05) is 0 Å². The van der Waals surface area contributed by atoms with Crippen molar-refractivity contribution >= 4 is 11.9 Å². The van der Waals surface area contributed by atoms with Gasteiger partial charge in [-0.1, -0.05) is 5.21 Å². The van der Waals surface area contributed by atoms with E-state index < -0.39 is 23.7 Å². The van der Waals surface area contributed by atoms with Crippen molar-refractivity contribution in [1.82, 2.24) is 29.9 Å². The van der Waals surface area contributed by atoms with Gasteiger partial charge in [-0.2, -0.15) is 0 Å². The molecule has 0 bridgehead atoms. The van der Waals surface area contributed by atoms with Crippen LogP contribution in [0.15, 0.2) is 36.9 Å². The minimum Gasteiger partial charge on any atom is -0.480 e. The summed E-state index contributed by atoms with van der Waals surface area (Å²) in [4.78, 5) is 27.4. The predicted octanol–water partition coefficient (Wildman–Crippen LogP) is 1.39. The Balaban J connectivity index is 1.81. The first-order chi connectivity index (χ1) is 12.8. The number of carboxylic acids is 1. The molecule has 2 heterocycles. The van der Waals surface area contributed by atoms with E-state index in [-0.39, 0.29) is 17.8 Å². The summed E-state index contributed by atoms with van der Waals surface area (Å²) in [5, 5.41) is 19.3. The molecule has 140 valence electrons. The summed E-state index contributed by atoms with van der Waals surface area (Å²) in [6.45, 7) is 1.69. The first-order valence-electron chi connectivity index (χ1n) is 8.04. The molecule has 0 aliphatic rings. The predicted molar refractivity (Wildman–Crippen MR) is 92.1 cm³/mol. The van der Waals surface area contributed by atoms with Crippen molar-refractivity contribution in [3.63, 3.8) is 0 Å². The highest BCUT2D eigenvalue weighted by molar-refractivity contribution is 5.95. The summed E-state index contributed by atoms with van der Waals surface area (Å²) >= 11 is 0. The normalized spacial score (nSPS) is 12.0. The number of rotatable bonds is 6. The summed E-state index contributed by atoms with van der Waals surface area (Å²) < 4.78 is 16.9. The maximum absolute atomic E-state index is 14.0. The third-order valence-corrected chi connectivity index (χ3v) is 4.07. The molecule has 3 aromatic rings. The maximum Gasteiger partial charge on any atom is 0.328 e. The van der Waals surface area contributed by atoms with Gasteiger partial charge in [0.25, 0.3) is 5.91 Å². The summed E-state index contributed by atoms with van der Waals surface area (Å²) in [7, 11) is 1.80. The van der Waals surface area contributed by atoms with Crippen LogP contribution in [-0.2, 0) is 18.4 Å². The Morgan fingerprint density at radius 3 is 2.78 bits per heavy atom. The van der Waals surface area contributed by atoms with Gasteiger partial charge in [-0.15, -0.1) is 5.10 Å². The average Bonchev–Trinajstić information content (AvgIpc) is 3.27. The molecule has 0 saturated carbocycles. The number of nitrogens with one attached hydrogen (secondary N) is 1. The molecule has 1 unspecified atom stereocenters. The highest BCUT2D eigenvalue weighted by Gasteiger charge is 2.17. The van der Waals surface area contributed by atoms with E-state index in [0.29, 0.717) is 5.56 Å². The van der Waals surface area contributed by atoms with Gasteiger partial charge < -0.3 is 15.0 Å². The molecule has 0 aliphatic carbocycles. The molecular formula is C17H17FN6O3. The molecule has 27 heavy (non-hydrogen) atoms. The number of aryl methyl sites for hydroxylation is 1. The number of hydrogen-bond acceptors (Lipinski definition) is 5. The number of hydrogen-bond donors (Lipinski definition) is 2. The summed E-state index contributed by atoms with van der Waals surface area (Å²) in [5.41, 5.74) is 1.51. The zero-order valence-corrected chi connectivity index (χ0v) is 14.6. The lowest BCUT2D eigenvalue weighted by molar-refractivity contribution is -0.140. The SMILES string of the molecule is CC(C(=O)O)n1cc(-c2cc(F)cc(C(=O)NCc3cncn3C)c2)nn1. The van der Waals surface area contributed by atoms with Crippen molar-refractivity contribution in [2.45, 2.75) is 19.5 Å². The van der Waals surface area contributed by atoms with Gasteiger partial charge >= 0.3 is 5.97 Å². The average molecular weight is 372 g/mol. The van der Waals surface area contributed by atoms with E-state index >= 15 is 0 Å².